The summed E-state index contributed by atoms with van der Waals surface area (Å²) in [5, 5.41) is 11.1. The Balaban J connectivity index is 2.68. The van der Waals surface area contributed by atoms with Crippen LogP contribution in [0.4, 0.5) is 13.2 Å². The van der Waals surface area contributed by atoms with Crippen molar-refractivity contribution >= 4 is 11.8 Å². The Morgan fingerprint density at radius 3 is 2.30 bits per heavy atom. The summed E-state index contributed by atoms with van der Waals surface area (Å²) < 4.78 is 37.3. The van der Waals surface area contributed by atoms with E-state index >= 15 is 0 Å². The zero-order chi connectivity index (χ0) is 17.6. The van der Waals surface area contributed by atoms with Crippen LogP contribution in [0.3, 0.4) is 0 Å². The number of nitrogens with zero attached hydrogens (tertiary/aromatic N) is 1. The van der Waals surface area contributed by atoms with Gasteiger partial charge in [-0.3, -0.25) is 9.59 Å². The number of nitrogens with two attached hydrogens (primary N) is 1. The summed E-state index contributed by atoms with van der Waals surface area (Å²) in [5.74, 6) is -1.80. The first kappa shape index (κ1) is 18.5. The first-order valence-electron chi connectivity index (χ1n) is 6.78. The molecule has 3 N–H and O–H groups in total. The van der Waals surface area contributed by atoms with Gasteiger partial charge >= 0.3 is 6.18 Å². The number of primary amides is 1. The summed E-state index contributed by atoms with van der Waals surface area (Å²) >= 11 is 0. The van der Waals surface area contributed by atoms with Gasteiger partial charge in [-0.05, 0) is 31.0 Å². The molecule has 0 aliphatic rings. The van der Waals surface area contributed by atoms with Crippen molar-refractivity contribution in [3.63, 3.8) is 0 Å². The van der Waals surface area contributed by atoms with Crippen molar-refractivity contribution < 1.29 is 22.8 Å². The molecule has 0 saturated carbocycles. The molecule has 0 saturated heterocycles. The van der Waals surface area contributed by atoms with E-state index in [-0.39, 0.29) is 12.8 Å². The zero-order valence-corrected chi connectivity index (χ0v) is 12.4. The van der Waals surface area contributed by atoms with Gasteiger partial charge in [0.2, 0.25) is 11.8 Å². The Labute approximate surface area is 131 Å². The average Bonchev–Trinajstić information content (AvgIpc) is 2.45. The lowest BCUT2D eigenvalue weighted by Crippen LogP contribution is -2.45. The summed E-state index contributed by atoms with van der Waals surface area (Å²) in [4.78, 5) is 23.1. The van der Waals surface area contributed by atoms with Crippen molar-refractivity contribution in [2.75, 3.05) is 0 Å². The second-order valence-electron chi connectivity index (χ2n) is 5.16. The Bertz CT molecular complexity index is 606. The van der Waals surface area contributed by atoms with Gasteiger partial charge in [-0.2, -0.15) is 18.4 Å². The van der Waals surface area contributed by atoms with Crippen LogP contribution >= 0.6 is 0 Å². The fourth-order valence-electron chi connectivity index (χ4n) is 1.89. The zero-order valence-electron chi connectivity index (χ0n) is 12.4. The number of carbonyl (C=O) groups is 2. The Kier molecular flexibility index (Phi) is 6.13. The predicted octanol–water partition coefficient (Wildman–Crippen LogP) is 1.77. The van der Waals surface area contributed by atoms with Gasteiger partial charge in [0.15, 0.2) is 0 Å². The number of alkyl halides is 3. The molecule has 0 bridgehead atoms. The molecule has 1 aromatic rings. The number of hydrogen-bond acceptors (Lipinski definition) is 3. The van der Waals surface area contributed by atoms with Gasteiger partial charge in [0.1, 0.15) is 6.04 Å². The molecular formula is C15H16F3N3O2. The predicted molar refractivity (Wildman–Crippen MR) is 75.7 cm³/mol. The SMILES string of the molecule is C[C@@H](C#N)C[C@H](NC(=O)Cc1ccc(C(F)(F)F)cc1)C(N)=O. The minimum Gasteiger partial charge on any atom is -0.368 e. The third kappa shape index (κ3) is 5.98. The van der Waals surface area contributed by atoms with Gasteiger partial charge < -0.3 is 11.1 Å². The van der Waals surface area contributed by atoms with E-state index in [2.05, 4.69) is 5.32 Å². The molecule has 23 heavy (non-hydrogen) atoms. The van der Waals surface area contributed by atoms with Gasteiger partial charge in [-0.15, -0.1) is 0 Å². The fourth-order valence-corrected chi connectivity index (χ4v) is 1.89. The summed E-state index contributed by atoms with van der Waals surface area (Å²) in [6.45, 7) is 1.58. The Morgan fingerprint density at radius 2 is 1.87 bits per heavy atom. The highest BCUT2D eigenvalue weighted by molar-refractivity contribution is 5.87. The van der Waals surface area contributed by atoms with Crippen LogP contribution in [0.25, 0.3) is 0 Å². The molecule has 0 heterocycles. The average molecular weight is 327 g/mol. The van der Waals surface area contributed by atoms with Crippen LogP contribution < -0.4 is 11.1 Å². The minimum atomic E-state index is -4.44. The first-order chi connectivity index (χ1) is 10.6. The van der Waals surface area contributed by atoms with E-state index in [4.69, 9.17) is 11.0 Å². The van der Waals surface area contributed by atoms with Crippen molar-refractivity contribution in [3.8, 4) is 6.07 Å². The quantitative estimate of drug-likeness (QED) is 0.833. The topological polar surface area (TPSA) is 96.0 Å². The van der Waals surface area contributed by atoms with Crippen LogP contribution in [0.5, 0.6) is 0 Å². The summed E-state index contributed by atoms with van der Waals surface area (Å²) in [6, 6.07) is 5.08. The number of rotatable bonds is 6. The fraction of sp³-hybridized carbons (Fsp3) is 0.400. The summed E-state index contributed by atoms with van der Waals surface area (Å²) in [5.41, 5.74) is 4.72. The first-order valence-corrected chi connectivity index (χ1v) is 6.78. The van der Waals surface area contributed by atoms with Crippen LogP contribution in [-0.4, -0.2) is 17.9 Å². The highest BCUT2D eigenvalue weighted by atomic mass is 19.4. The van der Waals surface area contributed by atoms with Gasteiger partial charge in [-0.25, -0.2) is 0 Å². The molecule has 2 atom stereocenters. The maximum absolute atomic E-state index is 12.4. The monoisotopic (exact) mass is 327 g/mol. The van der Waals surface area contributed by atoms with E-state index in [9.17, 15) is 22.8 Å². The molecule has 0 aromatic heterocycles. The summed E-state index contributed by atoms with van der Waals surface area (Å²) in [6.07, 6.45) is -4.56. The van der Waals surface area contributed by atoms with Crippen LogP contribution in [0, 0.1) is 17.2 Å². The Morgan fingerprint density at radius 1 is 1.30 bits per heavy atom. The van der Waals surface area contributed by atoms with Crippen molar-refractivity contribution in [1.29, 1.82) is 5.26 Å². The van der Waals surface area contributed by atoms with Crippen molar-refractivity contribution in [2.24, 2.45) is 11.7 Å². The largest absolute Gasteiger partial charge is 0.416 e. The number of halogens is 3. The van der Waals surface area contributed by atoms with Gasteiger partial charge in [0, 0.05) is 5.92 Å². The van der Waals surface area contributed by atoms with E-state index in [1.54, 1.807) is 6.92 Å². The number of benzene rings is 1. The molecule has 0 aliphatic heterocycles. The van der Waals surface area contributed by atoms with E-state index in [1.807, 2.05) is 6.07 Å². The third-order valence-corrected chi connectivity index (χ3v) is 3.13. The number of amides is 2. The lowest BCUT2D eigenvalue weighted by Gasteiger charge is -2.16. The highest BCUT2D eigenvalue weighted by Crippen LogP contribution is 2.29. The molecule has 0 unspecified atom stereocenters. The lowest BCUT2D eigenvalue weighted by atomic mass is 10.0. The molecule has 8 heteroatoms. The van der Waals surface area contributed by atoms with Crippen molar-refractivity contribution in [3.05, 3.63) is 35.4 Å². The minimum absolute atomic E-state index is 0.0740. The van der Waals surface area contributed by atoms with E-state index in [0.717, 1.165) is 12.1 Å². The number of nitrogens with one attached hydrogen (secondary N) is 1. The van der Waals surface area contributed by atoms with Crippen molar-refractivity contribution in [2.45, 2.75) is 32.0 Å². The van der Waals surface area contributed by atoms with E-state index in [0.29, 0.717) is 5.56 Å². The molecular weight excluding hydrogens is 311 g/mol. The van der Waals surface area contributed by atoms with Crippen LogP contribution in [0.15, 0.2) is 24.3 Å². The number of nitriles is 1. The molecule has 124 valence electrons. The molecule has 0 aliphatic carbocycles. The molecule has 5 nitrogen and oxygen atoms in total. The Hall–Kier alpha value is -2.56. The van der Waals surface area contributed by atoms with Gasteiger partial charge in [-0.1, -0.05) is 12.1 Å². The third-order valence-electron chi connectivity index (χ3n) is 3.13. The molecule has 0 spiro atoms. The molecule has 0 radical (unpaired) electrons. The van der Waals surface area contributed by atoms with Gasteiger partial charge in [0.25, 0.3) is 0 Å². The van der Waals surface area contributed by atoms with E-state index in [1.165, 1.54) is 12.1 Å². The maximum Gasteiger partial charge on any atom is 0.416 e. The number of carbonyl (C=O) groups excluding carboxylic acids is 2. The summed E-state index contributed by atoms with van der Waals surface area (Å²) in [7, 11) is 0. The molecule has 2 amide bonds. The smallest absolute Gasteiger partial charge is 0.368 e. The molecule has 1 rings (SSSR count). The second-order valence-corrected chi connectivity index (χ2v) is 5.16. The molecule has 1 aromatic carbocycles. The highest BCUT2D eigenvalue weighted by Gasteiger charge is 2.30. The maximum atomic E-state index is 12.4. The van der Waals surface area contributed by atoms with E-state index < -0.39 is 35.5 Å². The number of hydrogen-bond donors (Lipinski definition) is 2. The van der Waals surface area contributed by atoms with Crippen LogP contribution in [0.2, 0.25) is 0 Å². The van der Waals surface area contributed by atoms with Crippen molar-refractivity contribution in [1.82, 2.24) is 5.32 Å². The second kappa shape index (κ2) is 7.63. The normalized spacial score (nSPS) is 13.7. The van der Waals surface area contributed by atoms with Crippen LogP contribution in [0.1, 0.15) is 24.5 Å². The van der Waals surface area contributed by atoms with Gasteiger partial charge in [0.05, 0.1) is 18.1 Å². The molecule has 0 fully saturated rings. The standard InChI is InChI=1S/C15H16F3N3O2/c1-9(8-19)6-12(14(20)23)21-13(22)7-10-2-4-11(5-3-10)15(16,17)18/h2-5,9,12H,6-7H2,1H3,(H2,20,23)(H,21,22)/t9-,12+/m1/s1. The lowest BCUT2D eigenvalue weighted by molar-refractivity contribution is -0.137. The van der Waals surface area contributed by atoms with Crippen LogP contribution in [-0.2, 0) is 22.2 Å².